The quantitative estimate of drug-likeness (QED) is 0.431. The molecule has 30 heavy (non-hydrogen) atoms. The van der Waals surface area contributed by atoms with Crippen LogP contribution in [0.5, 0.6) is 0 Å². The summed E-state index contributed by atoms with van der Waals surface area (Å²) in [4.78, 5) is 18.2. The van der Waals surface area contributed by atoms with Crippen LogP contribution < -0.4 is 5.32 Å². The number of carbonyl (C=O) groups excluding carboxylic acids is 1. The highest BCUT2D eigenvalue weighted by Gasteiger charge is 2.33. The second-order valence-electron chi connectivity index (χ2n) is 8.73. The molecule has 2 saturated carbocycles. The molecule has 0 aromatic rings. The van der Waals surface area contributed by atoms with Crippen molar-refractivity contribution in [3.63, 3.8) is 0 Å². The smallest absolute Gasteiger partial charge is 0.319 e. The van der Waals surface area contributed by atoms with E-state index in [-0.39, 0.29) is 6.03 Å². The van der Waals surface area contributed by atoms with Crippen molar-refractivity contribution in [3.8, 4) is 0 Å². The lowest BCUT2D eigenvalue weighted by Gasteiger charge is -2.41. The van der Waals surface area contributed by atoms with E-state index in [9.17, 15) is 4.79 Å². The third-order valence-corrected chi connectivity index (χ3v) is 9.04. The molecule has 170 valence electrons. The number of nitrogens with one attached hydrogen (secondary N) is 1. The summed E-state index contributed by atoms with van der Waals surface area (Å²) < 4.78 is 1.34. The molecule has 1 aliphatic heterocycles. The third-order valence-electron chi connectivity index (χ3n) is 6.75. The van der Waals surface area contributed by atoms with E-state index >= 15 is 0 Å². The van der Waals surface area contributed by atoms with E-state index < -0.39 is 0 Å². The Bertz CT molecular complexity index is 573. The lowest BCUT2D eigenvalue weighted by atomic mass is 9.89. The van der Waals surface area contributed by atoms with E-state index in [4.69, 9.17) is 0 Å². The highest BCUT2D eigenvalue weighted by Crippen LogP contribution is 2.37. The predicted octanol–water partition coefficient (Wildman–Crippen LogP) is 6.56. The first-order chi connectivity index (χ1) is 14.7. The molecule has 1 heterocycles. The van der Waals surface area contributed by atoms with E-state index in [1.54, 1.807) is 11.8 Å². The van der Waals surface area contributed by atoms with Gasteiger partial charge in [0.15, 0.2) is 0 Å². The van der Waals surface area contributed by atoms with E-state index in [0.717, 1.165) is 36.8 Å². The SMILES string of the molecule is CCN(CC)CCSC1=CCC=C(NC(=O)N(C2CCCCC2)C2CCCCC2)S1. The zero-order valence-electron chi connectivity index (χ0n) is 19.0. The molecule has 0 aromatic heterocycles. The van der Waals surface area contributed by atoms with Crippen molar-refractivity contribution < 1.29 is 4.79 Å². The van der Waals surface area contributed by atoms with Gasteiger partial charge in [0.2, 0.25) is 0 Å². The summed E-state index contributed by atoms with van der Waals surface area (Å²) in [5.41, 5.74) is 0. The summed E-state index contributed by atoms with van der Waals surface area (Å²) in [6.45, 7) is 7.80. The van der Waals surface area contributed by atoms with Gasteiger partial charge in [0.1, 0.15) is 0 Å². The first-order valence-electron chi connectivity index (χ1n) is 12.2. The van der Waals surface area contributed by atoms with Crippen LogP contribution in [0, 0.1) is 0 Å². The standard InChI is InChI=1S/C24H41N3OS2/c1-3-26(4-2)18-19-29-23-17-11-16-22(30-23)25-24(28)27(20-12-7-5-8-13-20)21-14-9-6-10-15-21/h16-17,20-21H,3-15,18-19H2,1-2H3,(H,25,28). The molecule has 0 atom stereocenters. The summed E-state index contributed by atoms with van der Waals surface area (Å²) in [6, 6.07) is 1.03. The number of thioether (sulfide) groups is 2. The zero-order chi connectivity index (χ0) is 21.2. The first-order valence-corrected chi connectivity index (χ1v) is 14.0. The molecule has 0 radical (unpaired) electrons. The molecule has 0 bridgehead atoms. The molecule has 0 aromatic carbocycles. The molecule has 0 unspecified atom stereocenters. The summed E-state index contributed by atoms with van der Waals surface area (Å²) in [6.07, 6.45) is 17.9. The van der Waals surface area contributed by atoms with Crippen molar-refractivity contribution in [2.45, 2.75) is 96.6 Å². The summed E-state index contributed by atoms with van der Waals surface area (Å²) >= 11 is 3.67. The van der Waals surface area contributed by atoms with Gasteiger partial charge >= 0.3 is 6.03 Å². The molecule has 6 heteroatoms. The minimum absolute atomic E-state index is 0.155. The van der Waals surface area contributed by atoms with Crippen molar-refractivity contribution in [3.05, 3.63) is 21.4 Å². The normalized spacial score (nSPS) is 21.3. The second kappa shape index (κ2) is 13.1. The summed E-state index contributed by atoms with van der Waals surface area (Å²) in [7, 11) is 0. The lowest BCUT2D eigenvalue weighted by Crippen LogP contribution is -2.52. The molecule has 3 rings (SSSR count). The average molecular weight is 452 g/mol. The van der Waals surface area contributed by atoms with Gasteiger partial charge in [-0.3, -0.25) is 0 Å². The highest BCUT2D eigenvalue weighted by molar-refractivity contribution is 8.24. The number of nitrogens with zero attached hydrogens (tertiary/aromatic N) is 2. The van der Waals surface area contributed by atoms with Gasteiger partial charge in [-0.25, -0.2) is 4.79 Å². The number of rotatable bonds is 9. The molecule has 2 amide bonds. The number of allylic oxidation sites excluding steroid dienone is 2. The van der Waals surface area contributed by atoms with Crippen molar-refractivity contribution in [2.24, 2.45) is 0 Å². The van der Waals surface area contributed by atoms with Crippen LogP contribution in [0.1, 0.15) is 84.5 Å². The van der Waals surface area contributed by atoms with Crippen LogP contribution in [0.3, 0.4) is 0 Å². The van der Waals surface area contributed by atoms with Crippen LogP contribution in [0.2, 0.25) is 0 Å². The largest absolute Gasteiger partial charge is 0.322 e. The Kier molecular flexibility index (Phi) is 10.5. The Morgan fingerprint density at radius 3 is 2.17 bits per heavy atom. The van der Waals surface area contributed by atoms with Crippen LogP contribution in [0.25, 0.3) is 0 Å². The van der Waals surface area contributed by atoms with E-state index in [1.807, 2.05) is 11.8 Å². The zero-order valence-corrected chi connectivity index (χ0v) is 20.7. The lowest BCUT2D eigenvalue weighted by molar-refractivity contribution is 0.107. The van der Waals surface area contributed by atoms with Gasteiger partial charge in [0.05, 0.1) is 5.03 Å². The Morgan fingerprint density at radius 2 is 1.60 bits per heavy atom. The van der Waals surface area contributed by atoms with Crippen LogP contribution >= 0.6 is 23.5 Å². The first kappa shape index (κ1) is 24.1. The van der Waals surface area contributed by atoms with Gasteiger partial charge in [0.25, 0.3) is 0 Å². The Hall–Kier alpha value is -0.590. The highest BCUT2D eigenvalue weighted by atomic mass is 32.2. The second-order valence-corrected chi connectivity index (χ2v) is 11.2. The van der Waals surface area contributed by atoms with Gasteiger partial charge in [0, 0.05) is 28.6 Å². The van der Waals surface area contributed by atoms with Gasteiger partial charge in [-0.1, -0.05) is 70.2 Å². The maximum absolute atomic E-state index is 13.4. The fourth-order valence-electron chi connectivity index (χ4n) is 4.95. The fourth-order valence-corrected chi connectivity index (χ4v) is 7.19. The van der Waals surface area contributed by atoms with Crippen molar-refractivity contribution in [1.29, 1.82) is 0 Å². The number of hydrogen-bond acceptors (Lipinski definition) is 4. The monoisotopic (exact) mass is 451 g/mol. The van der Waals surface area contributed by atoms with Gasteiger partial charge in [-0.15, -0.1) is 11.8 Å². The van der Waals surface area contributed by atoms with Gasteiger partial charge < -0.3 is 15.1 Å². The maximum Gasteiger partial charge on any atom is 0.322 e. The van der Waals surface area contributed by atoms with Crippen LogP contribution in [-0.4, -0.2) is 53.3 Å². The van der Waals surface area contributed by atoms with Crippen molar-refractivity contribution >= 4 is 29.6 Å². The van der Waals surface area contributed by atoms with E-state index in [2.05, 4.69) is 41.1 Å². The molecule has 2 fully saturated rings. The topological polar surface area (TPSA) is 35.6 Å². The minimum Gasteiger partial charge on any atom is -0.319 e. The van der Waals surface area contributed by atoms with E-state index in [0.29, 0.717) is 12.1 Å². The fraction of sp³-hybridized carbons (Fsp3) is 0.792. The number of hydrogen-bond donors (Lipinski definition) is 1. The maximum atomic E-state index is 13.4. The molecular weight excluding hydrogens is 410 g/mol. The summed E-state index contributed by atoms with van der Waals surface area (Å²) in [5.74, 6) is 1.11. The van der Waals surface area contributed by atoms with Crippen molar-refractivity contribution in [1.82, 2.24) is 15.1 Å². The van der Waals surface area contributed by atoms with Crippen LogP contribution in [0.4, 0.5) is 4.79 Å². The molecule has 4 nitrogen and oxygen atoms in total. The van der Waals surface area contributed by atoms with Crippen LogP contribution in [-0.2, 0) is 0 Å². The Labute approximate surface area is 192 Å². The minimum atomic E-state index is 0.155. The molecule has 3 aliphatic rings. The Morgan fingerprint density at radius 1 is 1.00 bits per heavy atom. The molecule has 0 saturated heterocycles. The molecular formula is C24H41N3OS2. The van der Waals surface area contributed by atoms with Crippen molar-refractivity contribution in [2.75, 3.05) is 25.4 Å². The number of carbonyl (C=O) groups is 1. The van der Waals surface area contributed by atoms with Gasteiger partial charge in [-0.2, -0.15) is 0 Å². The van der Waals surface area contributed by atoms with Crippen LogP contribution in [0.15, 0.2) is 21.4 Å². The molecule has 0 spiro atoms. The predicted molar refractivity (Wildman–Crippen MR) is 133 cm³/mol. The van der Waals surface area contributed by atoms with E-state index in [1.165, 1.54) is 68.4 Å². The third kappa shape index (κ3) is 7.23. The molecule has 1 N–H and O–H groups in total. The Balaban J connectivity index is 1.53. The average Bonchev–Trinajstić information content (AvgIpc) is 2.79. The molecule has 2 aliphatic carbocycles. The van der Waals surface area contributed by atoms with Gasteiger partial charge in [-0.05, 0) is 51.3 Å². The number of urea groups is 1. The number of amides is 2. The summed E-state index contributed by atoms with van der Waals surface area (Å²) in [5, 5.41) is 4.34.